The van der Waals surface area contributed by atoms with E-state index in [9.17, 15) is 4.79 Å². The van der Waals surface area contributed by atoms with Gasteiger partial charge in [0.25, 0.3) is 5.91 Å². The zero-order valence-electron chi connectivity index (χ0n) is 16.7. The van der Waals surface area contributed by atoms with Crippen molar-refractivity contribution in [1.29, 1.82) is 0 Å². The van der Waals surface area contributed by atoms with Crippen LogP contribution in [0.15, 0.2) is 42.5 Å². The lowest BCUT2D eigenvalue weighted by atomic mass is 10.1. The van der Waals surface area contributed by atoms with E-state index in [2.05, 4.69) is 10.3 Å². The van der Waals surface area contributed by atoms with Crippen molar-refractivity contribution in [1.82, 2.24) is 9.55 Å². The van der Waals surface area contributed by atoms with Crippen LogP contribution >= 0.6 is 0 Å². The van der Waals surface area contributed by atoms with Gasteiger partial charge in [-0.15, -0.1) is 0 Å². The van der Waals surface area contributed by atoms with Gasteiger partial charge in [-0.1, -0.05) is 29.8 Å². The second-order valence-corrected chi connectivity index (χ2v) is 6.73. The maximum Gasteiger partial charge on any atom is 0.264 e. The number of aryl methyl sites for hydroxylation is 3. The van der Waals surface area contributed by atoms with E-state index < -0.39 is 0 Å². The molecule has 1 N–H and O–H groups in total. The summed E-state index contributed by atoms with van der Waals surface area (Å²) in [6.45, 7) is 8.00. The number of benzene rings is 2. The van der Waals surface area contributed by atoms with Crippen molar-refractivity contribution < 1.29 is 14.3 Å². The second-order valence-electron chi connectivity index (χ2n) is 6.73. The molecule has 0 fully saturated rings. The fourth-order valence-electron chi connectivity index (χ4n) is 3.13. The van der Waals surface area contributed by atoms with Crippen molar-refractivity contribution in [3.8, 4) is 5.75 Å². The molecule has 0 saturated carbocycles. The van der Waals surface area contributed by atoms with Crippen LogP contribution in [-0.2, 0) is 16.1 Å². The Morgan fingerprint density at radius 3 is 2.79 bits per heavy atom. The van der Waals surface area contributed by atoms with Crippen molar-refractivity contribution in [3.63, 3.8) is 0 Å². The molecule has 1 heterocycles. The van der Waals surface area contributed by atoms with Crippen LogP contribution in [0.3, 0.4) is 0 Å². The minimum atomic E-state index is -0.235. The number of nitrogens with one attached hydrogen (secondary N) is 1. The Balaban J connectivity index is 1.68. The Kier molecular flexibility index (Phi) is 6.66. The largest absolute Gasteiger partial charge is 0.483 e. The smallest absolute Gasteiger partial charge is 0.264 e. The molecule has 6 nitrogen and oxygen atoms in total. The molecule has 28 heavy (non-hydrogen) atoms. The second kappa shape index (κ2) is 9.37. The summed E-state index contributed by atoms with van der Waals surface area (Å²) in [5.41, 5.74) is 4.01. The zero-order valence-corrected chi connectivity index (χ0v) is 16.7. The number of fused-ring (bicyclic) bond motifs is 1. The van der Waals surface area contributed by atoms with E-state index >= 15 is 0 Å². The Hall–Kier alpha value is -2.86. The van der Waals surface area contributed by atoms with Gasteiger partial charge in [-0.25, -0.2) is 4.98 Å². The molecule has 0 aliphatic heterocycles. The van der Waals surface area contributed by atoms with Crippen LogP contribution < -0.4 is 10.1 Å². The number of carbonyl (C=O) groups excluding carboxylic acids is 1. The van der Waals surface area contributed by atoms with E-state index in [1.807, 2.05) is 67.8 Å². The minimum absolute atomic E-state index is 0.0634. The molecule has 0 saturated heterocycles. The summed E-state index contributed by atoms with van der Waals surface area (Å²) in [4.78, 5) is 17.0. The van der Waals surface area contributed by atoms with Crippen molar-refractivity contribution in [2.45, 2.75) is 33.7 Å². The normalized spacial score (nSPS) is 11.0. The molecule has 0 unspecified atom stereocenters. The van der Waals surface area contributed by atoms with Crippen molar-refractivity contribution in [3.05, 3.63) is 53.6 Å². The Morgan fingerprint density at radius 1 is 1.18 bits per heavy atom. The van der Waals surface area contributed by atoms with Gasteiger partial charge in [0.05, 0.1) is 11.0 Å². The number of aromatic nitrogens is 2. The zero-order chi connectivity index (χ0) is 19.9. The first-order chi connectivity index (χ1) is 13.6. The molecule has 3 rings (SSSR count). The molecule has 0 radical (unpaired) electrons. The fourth-order valence-corrected chi connectivity index (χ4v) is 3.13. The number of para-hydroxylation sites is 2. The number of rotatable bonds is 9. The average molecular weight is 381 g/mol. The summed E-state index contributed by atoms with van der Waals surface area (Å²) in [7, 11) is 0. The van der Waals surface area contributed by atoms with Crippen LogP contribution in [0.4, 0.5) is 5.95 Å². The van der Waals surface area contributed by atoms with Gasteiger partial charge < -0.3 is 14.0 Å². The van der Waals surface area contributed by atoms with E-state index in [1.165, 1.54) is 0 Å². The van der Waals surface area contributed by atoms with Crippen molar-refractivity contribution >= 4 is 22.9 Å². The molecule has 0 bridgehead atoms. The third kappa shape index (κ3) is 4.89. The number of hydrogen-bond acceptors (Lipinski definition) is 4. The predicted octanol–water partition coefficient (Wildman–Crippen LogP) is 4.10. The molecule has 0 aliphatic rings. The van der Waals surface area contributed by atoms with E-state index in [0.717, 1.165) is 28.6 Å². The topological polar surface area (TPSA) is 65.4 Å². The number of carbonyl (C=O) groups is 1. The highest BCUT2D eigenvalue weighted by molar-refractivity contribution is 5.92. The fraction of sp³-hybridized carbons (Fsp3) is 0.364. The highest BCUT2D eigenvalue weighted by Crippen LogP contribution is 2.21. The highest BCUT2D eigenvalue weighted by atomic mass is 16.5. The highest BCUT2D eigenvalue weighted by Gasteiger charge is 2.14. The molecule has 1 amide bonds. The molecule has 6 heteroatoms. The van der Waals surface area contributed by atoms with Gasteiger partial charge in [-0.3, -0.25) is 10.1 Å². The van der Waals surface area contributed by atoms with Crippen LogP contribution in [0, 0.1) is 13.8 Å². The maximum absolute atomic E-state index is 12.5. The number of ether oxygens (including phenoxy) is 2. The maximum atomic E-state index is 12.5. The van der Waals surface area contributed by atoms with Gasteiger partial charge >= 0.3 is 0 Å². The van der Waals surface area contributed by atoms with Crippen LogP contribution in [0.1, 0.15) is 24.5 Å². The summed E-state index contributed by atoms with van der Waals surface area (Å²) >= 11 is 0. The van der Waals surface area contributed by atoms with Crippen LogP contribution in [0.5, 0.6) is 5.75 Å². The molecule has 0 aliphatic carbocycles. The summed E-state index contributed by atoms with van der Waals surface area (Å²) in [6, 6.07) is 13.7. The number of hydrogen-bond donors (Lipinski definition) is 1. The lowest BCUT2D eigenvalue weighted by molar-refractivity contribution is -0.118. The van der Waals surface area contributed by atoms with Gasteiger partial charge in [0.2, 0.25) is 5.95 Å². The lowest BCUT2D eigenvalue weighted by Gasteiger charge is -2.12. The van der Waals surface area contributed by atoms with E-state index in [4.69, 9.17) is 9.47 Å². The predicted molar refractivity (Wildman–Crippen MR) is 111 cm³/mol. The summed E-state index contributed by atoms with van der Waals surface area (Å²) in [5.74, 6) is 1.01. The van der Waals surface area contributed by atoms with Gasteiger partial charge in [0, 0.05) is 19.8 Å². The first kappa shape index (κ1) is 19.9. The summed E-state index contributed by atoms with van der Waals surface area (Å²) in [5, 5.41) is 2.89. The summed E-state index contributed by atoms with van der Waals surface area (Å²) < 4.78 is 13.1. The molecule has 1 aromatic heterocycles. The average Bonchev–Trinajstić information content (AvgIpc) is 3.01. The number of nitrogens with zero attached hydrogens (tertiary/aromatic N) is 2. The standard InChI is InChI=1S/C22H27N3O3/c1-4-27-13-7-12-25-19-9-6-5-8-18(19)23-22(25)24-21(26)15-28-20-11-10-16(2)14-17(20)3/h5-6,8-11,14H,4,7,12-13,15H2,1-3H3,(H,23,24,26). The SMILES string of the molecule is CCOCCCn1c(NC(=O)COc2ccc(C)cc2C)nc2ccccc21. The molecular weight excluding hydrogens is 354 g/mol. The molecule has 0 atom stereocenters. The minimum Gasteiger partial charge on any atom is -0.483 e. The van der Waals surface area contributed by atoms with E-state index in [0.29, 0.717) is 31.5 Å². The van der Waals surface area contributed by atoms with Crippen LogP contribution in [0.2, 0.25) is 0 Å². The molecule has 3 aromatic rings. The third-order valence-electron chi connectivity index (χ3n) is 4.47. The Morgan fingerprint density at radius 2 is 2.00 bits per heavy atom. The first-order valence-corrected chi connectivity index (χ1v) is 9.61. The molecule has 2 aromatic carbocycles. The van der Waals surface area contributed by atoms with Gasteiger partial charge in [-0.2, -0.15) is 0 Å². The van der Waals surface area contributed by atoms with Gasteiger partial charge in [0.15, 0.2) is 6.61 Å². The lowest BCUT2D eigenvalue weighted by Crippen LogP contribution is -2.23. The first-order valence-electron chi connectivity index (χ1n) is 9.61. The van der Waals surface area contributed by atoms with Crippen LogP contribution in [0.25, 0.3) is 11.0 Å². The van der Waals surface area contributed by atoms with Crippen LogP contribution in [-0.4, -0.2) is 35.3 Å². The van der Waals surface area contributed by atoms with E-state index in [1.54, 1.807) is 0 Å². The van der Waals surface area contributed by atoms with Gasteiger partial charge in [-0.05, 0) is 51.0 Å². The molecule has 148 valence electrons. The number of amides is 1. The Labute approximate surface area is 165 Å². The monoisotopic (exact) mass is 381 g/mol. The van der Waals surface area contributed by atoms with E-state index in [-0.39, 0.29) is 12.5 Å². The molecule has 0 spiro atoms. The Bertz CT molecular complexity index is 949. The number of imidazole rings is 1. The van der Waals surface area contributed by atoms with Gasteiger partial charge in [0.1, 0.15) is 5.75 Å². The summed E-state index contributed by atoms with van der Waals surface area (Å²) in [6.07, 6.45) is 0.843. The quantitative estimate of drug-likeness (QED) is 0.567. The van der Waals surface area contributed by atoms with Crippen molar-refractivity contribution in [2.75, 3.05) is 25.1 Å². The van der Waals surface area contributed by atoms with Crippen molar-refractivity contribution in [2.24, 2.45) is 0 Å². The third-order valence-corrected chi connectivity index (χ3v) is 4.47. The molecular formula is C22H27N3O3. The number of anilines is 1.